The monoisotopic (exact) mass is 446 g/mol. The average molecular weight is 447 g/mol. The number of halogens is 1. The smallest absolute Gasteiger partial charge is 0.259 e. The van der Waals surface area contributed by atoms with Gasteiger partial charge in [0.05, 0.1) is 12.2 Å². The van der Waals surface area contributed by atoms with Gasteiger partial charge >= 0.3 is 0 Å². The van der Waals surface area contributed by atoms with Crippen molar-refractivity contribution in [1.29, 1.82) is 0 Å². The summed E-state index contributed by atoms with van der Waals surface area (Å²) in [4.78, 5) is 25.1. The Hall–Kier alpha value is -2.34. The first-order chi connectivity index (χ1) is 13.3. The Bertz CT molecular complexity index is 836. The van der Waals surface area contributed by atoms with Crippen molar-refractivity contribution >= 4 is 33.4 Å². The normalized spacial score (nSPS) is 11.8. The SMILES string of the molecule is CCC(C)NC(=O)c1cccc(NC(=O)c2cc(Br)ccc2OCC(C)C)c1. The van der Waals surface area contributed by atoms with Gasteiger partial charge in [0.25, 0.3) is 11.8 Å². The van der Waals surface area contributed by atoms with Crippen molar-refractivity contribution in [2.24, 2.45) is 5.92 Å². The van der Waals surface area contributed by atoms with Crippen LogP contribution in [0.2, 0.25) is 0 Å². The zero-order valence-electron chi connectivity index (χ0n) is 16.7. The zero-order valence-corrected chi connectivity index (χ0v) is 18.3. The first-order valence-corrected chi connectivity index (χ1v) is 10.2. The van der Waals surface area contributed by atoms with Crippen LogP contribution in [-0.2, 0) is 0 Å². The molecule has 2 aromatic carbocycles. The van der Waals surface area contributed by atoms with E-state index in [1.807, 2.05) is 19.9 Å². The predicted molar refractivity (Wildman–Crippen MR) is 116 cm³/mol. The Labute approximate surface area is 175 Å². The van der Waals surface area contributed by atoms with Crippen molar-refractivity contribution in [3.63, 3.8) is 0 Å². The summed E-state index contributed by atoms with van der Waals surface area (Å²) < 4.78 is 6.57. The maximum Gasteiger partial charge on any atom is 0.259 e. The first-order valence-electron chi connectivity index (χ1n) is 9.44. The number of anilines is 1. The first kappa shape index (κ1) is 22.0. The second-order valence-corrected chi connectivity index (χ2v) is 8.08. The Morgan fingerprint density at radius 3 is 2.50 bits per heavy atom. The summed E-state index contributed by atoms with van der Waals surface area (Å²) in [6.07, 6.45) is 0.851. The summed E-state index contributed by atoms with van der Waals surface area (Å²) >= 11 is 3.40. The summed E-state index contributed by atoms with van der Waals surface area (Å²) in [5, 5.41) is 5.78. The van der Waals surface area contributed by atoms with Crippen LogP contribution in [0.5, 0.6) is 5.75 Å². The van der Waals surface area contributed by atoms with E-state index in [0.29, 0.717) is 35.1 Å². The fourth-order valence-corrected chi connectivity index (χ4v) is 2.77. The minimum absolute atomic E-state index is 0.0908. The van der Waals surface area contributed by atoms with Gasteiger partial charge in [0, 0.05) is 21.8 Å². The molecule has 0 heterocycles. The van der Waals surface area contributed by atoms with Gasteiger partial charge in [-0.05, 0) is 55.7 Å². The number of amides is 2. The maximum atomic E-state index is 12.8. The van der Waals surface area contributed by atoms with E-state index in [2.05, 4.69) is 40.4 Å². The Balaban J connectivity index is 2.18. The Morgan fingerprint density at radius 1 is 1.07 bits per heavy atom. The van der Waals surface area contributed by atoms with Crippen molar-refractivity contribution in [2.45, 2.75) is 40.2 Å². The van der Waals surface area contributed by atoms with E-state index >= 15 is 0 Å². The molecule has 0 spiro atoms. The number of benzene rings is 2. The lowest BCUT2D eigenvalue weighted by atomic mass is 10.1. The number of nitrogens with one attached hydrogen (secondary N) is 2. The van der Waals surface area contributed by atoms with E-state index < -0.39 is 0 Å². The second kappa shape index (κ2) is 10.3. The topological polar surface area (TPSA) is 67.4 Å². The molecule has 150 valence electrons. The molecule has 0 aliphatic rings. The van der Waals surface area contributed by atoms with Crippen molar-refractivity contribution in [2.75, 3.05) is 11.9 Å². The molecule has 0 aromatic heterocycles. The number of ether oxygens (including phenoxy) is 1. The summed E-state index contributed by atoms with van der Waals surface area (Å²) in [7, 11) is 0. The third kappa shape index (κ3) is 6.37. The molecule has 28 heavy (non-hydrogen) atoms. The summed E-state index contributed by atoms with van der Waals surface area (Å²) in [5.41, 5.74) is 1.49. The lowest BCUT2D eigenvalue weighted by Gasteiger charge is -2.14. The highest BCUT2D eigenvalue weighted by atomic mass is 79.9. The van der Waals surface area contributed by atoms with Crippen molar-refractivity contribution in [1.82, 2.24) is 5.32 Å². The van der Waals surface area contributed by atoms with E-state index in [4.69, 9.17) is 4.74 Å². The lowest BCUT2D eigenvalue weighted by molar-refractivity contribution is 0.0938. The van der Waals surface area contributed by atoms with E-state index in [1.54, 1.807) is 36.4 Å². The minimum Gasteiger partial charge on any atom is -0.492 e. The molecule has 6 heteroatoms. The molecule has 1 atom stereocenters. The van der Waals surface area contributed by atoms with E-state index in [-0.39, 0.29) is 17.9 Å². The van der Waals surface area contributed by atoms with Gasteiger partial charge in [0.15, 0.2) is 0 Å². The van der Waals surface area contributed by atoms with E-state index in [0.717, 1.165) is 10.9 Å². The van der Waals surface area contributed by atoms with Gasteiger partial charge in [0.2, 0.25) is 0 Å². The molecule has 0 aliphatic carbocycles. The Kier molecular flexibility index (Phi) is 8.05. The minimum atomic E-state index is -0.292. The lowest BCUT2D eigenvalue weighted by Crippen LogP contribution is -2.31. The van der Waals surface area contributed by atoms with Crippen LogP contribution in [0.3, 0.4) is 0 Å². The fourth-order valence-electron chi connectivity index (χ4n) is 2.41. The molecule has 2 rings (SSSR count). The number of hydrogen-bond acceptors (Lipinski definition) is 3. The van der Waals surface area contributed by atoms with Crippen LogP contribution >= 0.6 is 15.9 Å². The Morgan fingerprint density at radius 2 is 1.82 bits per heavy atom. The predicted octanol–water partition coefficient (Wildman–Crippen LogP) is 5.26. The van der Waals surface area contributed by atoms with Gasteiger partial charge in [0.1, 0.15) is 5.75 Å². The fraction of sp³-hybridized carbons (Fsp3) is 0.364. The standard InChI is InChI=1S/C22H27BrN2O3/c1-5-15(4)24-21(26)16-7-6-8-18(11-16)25-22(27)19-12-17(23)9-10-20(19)28-13-14(2)3/h6-12,14-15H,5,13H2,1-4H3,(H,24,26)(H,25,27). The van der Waals surface area contributed by atoms with Crippen molar-refractivity contribution < 1.29 is 14.3 Å². The van der Waals surface area contributed by atoms with Crippen molar-refractivity contribution in [3.05, 3.63) is 58.1 Å². The molecule has 2 N–H and O–H groups in total. The van der Waals surface area contributed by atoms with Crippen LogP contribution in [0.1, 0.15) is 54.8 Å². The van der Waals surface area contributed by atoms with E-state index in [9.17, 15) is 9.59 Å². The third-order valence-corrected chi connectivity index (χ3v) is 4.62. The second-order valence-electron chi connectivity index (χ2n) is 7.16. The van der Waals surface area contributed by atoms with Gasteiger partial charge in [-0.25, -0.2) is 0 Å². The third-order valence-electron chi connectivity index (χ3n) is 4.13. The number of hydrogen-bond donors (Lipinski definition) is 2. The van der Waals surface area contributed by atoms with Gasteiger partial charge < -0.3 is 15.4 Å². The molecular formula is C22H27BrN2O3. The largest absolute Gasteiger partial charge is 0.492 e. The highest BCUT2D eigenvalue weighted by Gasteiger charge is 2.15. The quantitative estimate of drug-likeness (QED) is 0.580. The van der Waals surface area contributed by atoms with E-state index in [1.165, 1.54) is 0 Å². The maximum absolute atomic E-state index is 12.8. The molecule has 0 saturated heterocycles. The summed E-state index contributed by atoms with van der Waals surface area (Å²) in [6.45, 7) is 8.59. The van der Waals surface area contributed by atoms with Gasteiger partial charge in [-0.3, -0.25) is 9.59 Å². The molecule has 0 bridgehead atoms. The summed E-state index contributed by atoms with van der Waals surface area (Å²) in [5.74, 6) is 0.425. The van der Waals surface area contributed by atoms with Gasteiger partial charge in [-0.15, -0.1) is 0 Å². The van der Waals surface area contributed by atoms with Crippen LogP contribution < -0.4 is 15.4 Å². The summed E-state index contributed by atoms with van der Waals surface area (Å²) in [6, 6.07) is 12.3. The molecule has 2 amide bonds. The molecular weight excluding hydrogens is 420 g/mol. The zero-order chi connectivity index (χ0) is 20.7. The molecule has 2 aromatic rings. The van der Waals surface area contributed by atoms with Gasteiger partial charge in [-0.2, -0.15) is 0 Å². The number of rotatable bonds is 8. The van der Waals surface area contributed by atoms with Crippen LogP contribution in [0, 0.1) is 5.92 Å². The van der Waals surface area contributed by atoms with Crippen LogP contribution in [0.15, 0.2) is 46.9 Å². The highest BCUT2D eigenvalue weighted by molar-refractivity contribution is 9.10. The average Bonchev–Trinajstić information content (AvgIpc) is 2.66. The number of carbonyl (C=O) groups is 2. The molecule has 1 unspecified atom stereocenters. The highest BCUT2D eigenvalue weighted by Crippen LogP contribution is 2.25. The van der Waals surface area contributed by atoms with Crippen LogP contribution in [0.25, 0.3) is 0 Å². The molecule has 0 saturated carbocycles. The molecule has 0 radical (unpaired) electrons. The van der Waals surface area contributed by atoms with Crippen LogP contribution in [-0.4, -0.2) is 24.5 Å². The molecule has 0 aliphatic heterocycles. The van der Waals surface area contributed by atoms with Crippen molar-refractivity contribution in [3.8, 4) is 5.75 Å². The van der Waals surface area contributed by atoms with Crippen LogP contribution in [0.4, 0.5) is 5.69 Å². The number of carbonyl (C=O) groups excluding carboxylic acids is 2. The van der Waals surface area contributed by atoms with Gasteiger partial charge in [-0.1, -0.05) is 42.8 Å². The molecule has 0 fully saturated rings. The molecule has 5 nitrogen and oxygen atoms in total.